The number of likely N-dealkylation sites (tertiary alicyclic amines) is 1. The van der Waals surface area contributed by atoms with Crippen molar-refractivity contribution in [3.05, 3.63) is 15.6 Å². The zero-order valence-corrected chi connectivity index (χ0v) is 14.2. The lowest BCUT2D eigenvalue weighted by Crippen LogP contribution is -2.46. The molecule has 22 heavy (non-hydrogen) atoms. The average molecular weight is 323 g/mol. The second-order valence-electron chi connectivity index (χ2n) is 6.30. The fourth-order valence-electron chi connectivity index (χ4n) is 3.17. The van der Waals surface area contributed by atoms with Gasteiger partial charge in [0.2, 0.25) is 5.91 Å². The molecule has 3 heterocycles. The second kappa shape index (κ2) is 7.06. The lowest BCUT2D eigenvalue weighted by Gasteiger charge is -2.33. The van der Waals surface area contributed by atoms with Crippen LogP contribution in [0.25, 0.3) is 0 Å². The van der Waals surface area contributed by atoms with Gasteiger partial charge in [0.05, 0.1) is 23.9 Å². The molecule has 0 radical (unpaired) electrons. The number of hydrogen-bond donors (Lipinski definition) is 1. The molecule has 0 saturated carbocycles. The van der Waals surface area contributed by atoms with Crippen LogP contribution in [0.3, 0.4) is 0 Å². The lowest BCUT2D eigenvalue weighted by atomic mass is 9.98. The third kappa shape index (κ3) is 3.67. The summed E-state index contributed by atoms with van der Waals surface area (Å²) >= 11 is 1.79. The Bertz CT molecular complexity index is 506. The Morgan fingerprint density at radius 2 is 2.36 bits per heavy atom. The maximum atomic E-state index is 12.5. The van der Waals surface area contributed by atoms with E-state index in [9.17, 15) is 4.79 Å². The van der Waals surface area contributed by atoms with E-state index in [1.54, 1.807) is 11.3 Å². The number of thiazole rings is 1. The summed E-state index contributed by atoms with van der Waals surface area (Å²) < 4.78 is 5.44. The predicted octanol–water partition coefficient (Wildman–Crippen LogP) is 1.84. The molecule has 2 aliphatic heterocycles. The molecule has 1 N–H and O–H groups in total. The first-order valence-corrected chi connectivity index (χ1v) is 8.98. The Morgan fingerprint density at radius 1 is 1.50 bits per heavy atom. The van der Waals surface area contributed by atoms with Crippen molar-refractivity contribution >= 4 is 17.2 Å². The number of carbonyl (C=O) groups excluding carboxylic acids is 1. The quantitative estimate of drug-likeness (QED) is 0.922. The van der Waals surface area contributed by atoms with Crippen molar-refractivity contribution in [1.82, 2.24) is 15.2 Å². The van der Waals surface area contributed by atoms with Gasteiger partial charge in [-0.15, -0.1) is 11.3 Å². The zero-order valence-electron chi connectivity index (χ0n) is 13.4. The van der Waals surface area contributed by atoms with E-state index in [0.717, 1.165) is 44.8 Å². The van der Waals surface area contributed by atoms with Crippen molar-refractivity contribution in [1.29, 1.82) is 0 Å². The first kappa shape index (κ1) is 15.9. The van der Waals surface area contributed by atoms with Crippen LogP contribution < -0.4 is 5.32 Å². The van der Waals surface area contributed by atoms with Gasteiger partial charge < -0.3 is 15.0 Å². The average Bonchev–Trinajstić information content (AvgIpc) is 2.88. The molecule has 2 unspecified atom stereocenters. The molecule has 122 valence electrons. The van der Waals surface area contributed by atoms with Crippen molar-refractivity contribution < 1.29 is 9.53 Å². The molecular formula is C16H25N3O2S. The summed E-state index contributed by atoms with van der Waals surface area (Å²) in [5.41, 5.74) is 1.13. The van der Waals surface area contributed by atoms with Crippen molar-refractivity contribution in [2.24, 2.45) is 0 Å². The van der Waals surface area contributed by atoms with E-state index >= 15 is 0 Å². The molecule has 1 aromatic heterocycles. The van der Waals surface area contributed by atoms with Crippen LogP contribution >= 0.6 is 11.3 Å². The highest BCUT2D eigenvalue weighted by molar-refractivity contribution is 7.11. The highest BCUT2D eigenvalue weighted by Gasteiger charge is 2.28. The van der Waals surface area contributed by atoms with Gasteiger partial charge in [-0.1, -0.05) is 0 Å². The monoisotopic (exact) mass is 323 g/mol. The number of ether oxygens (including phenoxy) is 1. The number of carbonyl (C=O) groups is 1. The van der Waals surface area contributed by atoms with Crippen molar-refractivity contribution in [3.8, 4) is 0 Å². The minimum absolute atomic E-state index is 0.172. The minimum Gasteiger partial charge on any atom is -0.378 e. The highest BCUT2D eigenvalue weighted by atomic mass is 32.1. The Hall–Kier alpha value is -0.980. The molecule has 3 rings (SSSR count). The smallest absolute Gasteiger partial charge is 0.224 e. The van der Waals surface area contributed by atoms with Gasteiger partial charge in [0.1, 0.15) is 0 Å². The van der Waals surface area contributed by atoms with Gasteiger partial charge in [-0.05, 0) is 26.7 Å². The second-order valence-corrected chi connectivity index (χ2v) is 7.54. The number of morpholine rings is 1. The molecule has 0 spiro atoms. The first-order chi connectivity index (χ1) is 10.6. The maximum Gasteiger partial charge on any atom is 0.224 e. The molecule has 2 aliphatic rings. The van der Waals surface area contributed by atoms with E-state index in [-0.39, 0.29) is 11.9 Å². The molecule has 5 nitrogen and oxygen atoms in total. The molecule has 2 saturated heterocycles. The minimum atomic E-state index is 0.172. The van der Waals surface area contributed by atoms with E-state index in [4.69, 9.17) is 9.72 Å². The van der Waals surface area contributed by atoms with Crippen molar-refractivity contribution in [3.63, 3.8) is 0 Å². The van der Waals surface area contributed by atoms with E-state index in [1.807, 2.05) is 4.90 Å². The summed E-state index contributed by atoms with van der Waals surface area (Å²) in [6, 6.07) is 0.172. The summed E-state index contributed by atoms with van der Waals surface area (Å²) in [6.07, 6.45) is 2.76. The van der Waals surface area contributed by atoms with Crippen LogP contribution in [0.4, 0.5) is 0 Å². The number of nitrogens with one attached hydrogen (secondary N) is 1. The van der Waals surface area contributed by atoms with Gasteiger partial charge in [-0.2, -0.15) is 0 Å². The van der Waals surface area contributed by atoms with Crippen LogP contribution in [-0.4, -0.2) is 54.7 Å². The fraction of sp³-hybridized carbons (Fsp3) is 0.750. The highest BCUT2D eigenvalue weighted by Crippen LogP contribution is 2.31. The number of rotatable bonds is 3. The number of hydrogen-bond acceptors (Lipinski definition) is 5. The number of aromatic nitrogens is 1. The predicted molar refractivity (Wildman–Crippen MR) is 87.4 cm³/mol. The topological polar surface area (TPSA) is 54.5 Å². The Labute approximate surface area is 136 Å². The van der Waals surface area contributed by atoms with Crippen LogP contribution in [0.15, 0.2) is 0 Å². The maximum absolute atomic E-state index is 12.5. The Morgan fingerprint density at radius 3 is 3.05 bits per heavy atom. The molecule has 0 bridgehead atoms. The van der Waals surface area contributed by atoms with E-state index in [1.165, 1.54) is 9.88 Å². The third-order valence-corrected chi connectivity index (χ3v) is 5.82. The summed E-state index contributed by atoms with van der Waals surface area (Å²) in [5.74, 6) is 0.656. The van der Waals surface area contributed by atoms with Gasteiger partial charge in [0, 0.05) is 42.9 Å². The number of piperidine rings is 1. The largest absolute Gasteiger partial charge is 0.378 e. The van der Waals surface area contributed by atoms with Gasteiger partial charge in [-0.25, -0.2) is 4.98 Å². The van der Waals surface area contributed by atoms with E-state index < -0.39 is 0 Å². The van der Waals surface area contributed by atoms with Gasteiger partial charge in [0.25, 0.3) is 0 Å². The molecule has 2 fully saturated rings. The molecule has 2 atom stereocenters. The molecule has 1 aromatic rings. The Balaban J connectivity index is 1.58. The van der Waals surface area contributed by atoms with Crippen molar-refractivity contribution in [2.75, 3.05) is 32.8 Å². The molecule has 1 amide bonds. The standard InChI is InChI=1S/C16H25N3O2S/c1-11-12(2)22-16(18-11)13-4-3-6-19(9-13)15(20)8-14-10-21-7-5-17-14/h13-14,17H,3-10H2,1-2H3. The third-order valence-electron chi connectivity index (χ3n) is 4.59. The first-order valence-electron chi connectivity index (χ1n) is 8.16. The molecular weight excluding hydrogens is 298 g/mol. The normalized spacial score (nSPS) is 26.2. The van der Waals surface area contributed by atoms with Gasteiger partial charge >= 0.3 is 0 Å². The number of aryl methyl sites for hydroxylation is 2. The SMILES string of the molecule is Cc1nc(C2CCCN(C(=O)CC3COCCN3)C2)sc1C. The van der Waals surface area contributed by atoms with Crippen molar-refractivity contribution in [2.45, 2.75) is 45.1 Å². The Kier molecular flexibility index (Phi) is 5.10. The summed E-state index contributed by atoms with van der Waals surface area (Å²) in [6.45, 7) is 8.13. The van der Waals surface area contributed by atoms with Crippen LogP contribution in [0.2, 0.25) is 0 Å². The van der Waals surface area contributed by atoms with Gasteiger partial charge in [0.15, 0.2) is 0 Å². The van der Waals surface area contributed by atoms with E-state index in [0.29, 0.717) is 18.9 Å². The summed E-state index contributed by atoms with van der Waals surface area (Å²) in [5, 5.41) is 4.56. The van der Waals surface area contributed by atoms with Gasteiger partial charge in [-0.3, -0.25) is 4.79 Å². The lowest BCUT2D eigenvalue weighted by molar-refractivity contribution is -0.133. The fourth-order valence-corrected chi connectivity index (χ4v) is 4.22. The number of amides is 1. The van der Waals surface area contributed by atoms with Crippen LogP contribution in [0.1, 0.15) is 40.8 Å². The molecule has 6 heteroatoms. The van der Waals surface area contributed by atoms with Crippen LogP contribution in [-0.2, 0) is 9.53 Å². The van der Waals surface area contributed by atoms with E-state index in [2.05, 4.69) is 19.2 Å². The molecule has 0 aliphatic carbocycles. The summed E-state index contributed by atoms with van der Waals surface area (Å²) in [7, 11) is 0. The number of nitrogens with zero attached hydrogens (tertiary/aromatic N) is 2. The molecule has 0 aromatic carbocycles. The van der Waals surface area contributed by atoms with Crippen LogP contribution in [0, 0.1) is 13.8 Å². The summed E-state index contributed by atoms with van der Waals surface area (Å²) in [4.78, 5) is 20.5. The zero-order chi connectivity index (χ0) is 15.5. The van der Waals surface area contributed by atoms with Crippen LogP contribution in [0.5, 0.6) is 0 Å².